The van der Waals surface area contributed by atoms with Gasteiger partial charge in [-0.3, -0.25) is 4.90 Å². The van der Waals surface area contributed by atoms with Gasteiger partial charge < -0.3 is 9.84 Å². The van der Waals surface area contributed by atoms with E-state index in [9.17, 15) is 4.79 Å². The molecule has 0 saturated carbocycles. The molecule has 4 nitrogen and oxygen atoms in total. The Morgan fingerprint density at radius 1 is 1.50 bits per heavy atom. The summed E-state index contributed by atoms with van der Waals surface area (Å²) in [5.41, 5.74) is 0. The molecule has 0 radical (unpaired) electrons. The van der Waals surface area contributed by atoms with E-state index < -0.39 is 0 Å². The van der Waals surface area contributed by atoms with Crippen LogP contribution in [-0.2, 0) is 11.3 Å². The molecule has 0 amide bonds. The average molecular weight is 269 g/mol. The molecule has 0 unspecified atom stereocenters. The van der Waals surface area contributed by atoms with E-state index in [1.807, 2.05) is 12.1 Å². The molecule has 0 aliphatic carbocycles. The zero-order chi connectivity index (χ0) is 13.0. The number of rotatable bonds is 4. The largest absolute Gasteiger partial charge is 0.465 e. The third-order valence-electron chi connectivity index (χ3n) is 3.39. The van der Waals surface area contributed by atoms with Gasteiger partial charge in [0.15, 0.2) is 0 Å². The van der Waals surface area contributed by atoms with Gasteiger partial charge in [0, 0.05) is 18.0 Å². The number of hydrogen-bond donors (Lipinski definition) is 1. The highest BCUT2D eigenvalue weighted by Gasteiger charge is 2.19. The van der Waals surface area contributed by atoms with Crippen molar-refractivity contribution in [1.29, 1.82) is 0 Å². The van der Waals surface area contributed by atoms with Crippen molar-refractivity contribution in [3.05, 3.63) is 21.9 Å². The highest BCUT2D eigenvalue weighted by Crippen LogP contribution is 2.22. The van der Waals surface area contributed by atoms with Crippen LogP contribution in [0.5, 0.6) is 0 Å². The molecule has 1 aromatic heterocycles. The number of aliphatic hydroxyl groups is 1. The van der Waals surface area contributed by atoms with Crippen LogP contribution in [0, 0.1) is 5.92 Å². The maximum absolute atomic E-state index is 11.3. The second kappa shape index (κ2) is 6.31. The number of carbonyl (C=O) groups excluding carboxylic acids is 1. The summed E-state index contributed by atoms with van der Waals surface area (Å²) < 4.78 is 4.70. The van der Waals surface area contributed by atoms with E-state index in [2.05, 4.69) is 4.90 Å². The average Bonchev–Trinajstić information content (AvgIpc) is 2.87. The number of nitrogens with zero attached hydrogens (tertiary/aromatic N) is 1. The second-order valence-corrected chi connectivity index (χ2v) is 5.83. The molecule has 0 aromatic carbocycles. The molecule has 0 atom stereocenters. The Morgan fingerprint density at radius 2 is 2.22 bits per heavy atom. The Bertz CT molecular complexity index is 397. The lowest BCUT2D eigenvalue weighted by Crippen LogP contribution is -2.34. The van der Waals surface area contributed by atoms with Crippen molar-refractivity contribution in [1.82, 2.24) is 4.90 Å². The predicted octanol–water partition coefficient (Wildman–Crippen LogP) is 1.74. The van der Waals surface area contributed by atoms with Gasteiger partial charge >= 0.3 is 5.97 Å². The molecule has 1 N–H and O–H groups in total. The molecule has 2 rings (SSSR count). The quantitative estimate of drug-likeness (QED) is 0.846. The number of hydrogen-bond acceptors (Lipinski definition) is 5. The van der Waals surface area contributed by atoms with Crippen LogP contribution >= 0.6 is 11.3 Å². The zero-order valence-corrected chi connectivity index (χ0v) is 11.4. The van der Waals surface area contributed by atoms with Gasteiger partial charge in [-0.05, 0) is 44.0 Å². The molecule has 1 aliphatic rings. The van der Waals surface area contributed by atoms with Crippen molar-refractivity contribution in [3.8, 4) is 0 Å². The van der Waals surface area contributed by atoms with Gasteiger partial charge in [-0.2, -0.15) is 0 Å². The Hall–Kier alpha value is -0.910. The predicted molar refractivity (Wildman–Crippen MR) is 70.7 cm³/mol. The normalized spacial score (nSPS) is 17.9. The van der Waals surface area contributed by atoms with E-state index in [-0.39, 0.29) is 5.97 Å². The minimum absolute atomic E-state index is 0.259. The van der Waals surface area contributed by atoms with Crippen molar-refractivity contribution in [2.24, 2.45) is 5.92 Å². The van der Waals surface area contributed by atoms with Crippen molar-refractivity contribution in [2.75, 3.05) is 26.8 Å². The molecule has 1 saturated heterocycles. The van der Waals surface area contributed by atoms with Gasteiger partial charge in [0.25, 0.3) is 0 Å². The van der Waals surface area contributed by atoms with Crippen LogP contribution in [0.3, 0.4) is 0 Å². The van der Waals surface area contributed by atoms with Crippen molar-refractivity contribution >= 4 is 17.3 Å². The van der Waals surface area contributed by atoms with E-state index >= 15 is 0 Å². The highest BCUT2D eigenvalue weighted by atomic mass is 32.1. The third-order valence-corrected chi connectivity index (χ3v) is 4.44. The maximum atomic E-state index is 11.3. The Labute approximate surface area is 111 Å². The molecular weight excluding hydrogens is 250 g/mol. The van der Waals surface area contributed by atoms with E-state index in [4.69, 9.17) is 9.84 Å². The zero-order valence-electron chi connectivity index (χ0n) is 10.6. The van der Waals surface area contributed by atoms with Crippen molar-refractivity contribution < 1.29 is 14.6 Å². The Kier molecular flexibility index (Phi) is 4.74. The van der Waals surface area contributed by atoms with Gasteiger partial charge in [-0.15, -0.1) is 11.3 Å². The van der Waals surface area contributed by atoms with E-state index in [0.717, 1.165) is 32.5 Å². The lowest BCUT2D eigenvalue weighted by molar-refractivity contribution is 0.0606. The lowest BCUT2D eigenvalue weighted by Gasteiger charge is -2.30. The van der Waals surface area contributed by atoms with Crippen LogP contribution in [0.25, 0.3) is 0 Å². The van der Waals surface area contributed by atoms with Crippen molar-refractivity contribution in [3.63, 3.8) is 0 Å². The third kappa shape index (κ3) is 3.31. The second-order valence-electron chi connectivity index (χ2n) is 4.66. The number of methoxy groups -OCH3 is 1. The molecule has 1 fully saturated rings. The summed E-state index contributed by atoms with van der Waals surface area (Å²) in [6, 6.07) is 3.82. The minimum Gasteiger partial charge on any atom is -0.465 e. The van der Waals surface area contributed by atoms with E-state index in [0.29, 0.717) is 17.4 Å². The number of ether oxygens (including phenoxy) is 1. The lowest BCUT2D eigenvalue weighted by atomic mass is 9.98. The fourth-order valence-corrected chi connectivity index (χ4v) is 3.19. The summed E-state index contributed by atoms with van der Waals surface area (Å²) in [7, 11) is 1.40. The van der Waals surface area contributed by atoms with Crippen LogP contribution in [-0.4, -0.2) is 42.8 Å². The van der Waals surface area contributed by atoms with Crippen LogP contribution in [0.4, 0.5) is 0 Å². The summed E-state index contributed by atoms with van der Waals surface area (Å²) in [5, 5.41) is 9.09. The standard InChI is InChI=1S/C13H19NO3S/c1-17-13(16)12-3-2-11(18-12)8-14-6-4-10(9-15)5-7-14/h2-3,10,15H,4-9H2,1H3. The van der Waals surface area contributed by atoms with Gasteiger partial charge in [-0.25, -0.2) is 4.79 Å². The molecule has 0 bridgehead atoms. The summed E-state index contributed by atoms with van der Waals surface area (Å²) in [5.74, 6) is 0.209. The number of likely N-dealkylation sites (tertiary alicyclic amines) is 1. The fourth-order valence-electron chi connectivity index (χ4n) is 2.22. The first-order chi connectivity index (χ1) is 8.72. The van der Waals surface area contributed by atoms with E-state index in [1.165, 1.54) is 23.3 Å². The molecule has 5 heteroatoms. The number of esters is 1. The maximum Gasteiger partial charge on any atom is 0.348 e. The minimum atomic E-state index is -0.259. The molecule has 100 valence electrons. The molecule has 1 aromatic rings. The Morgan fingerprint density at radius 3 is 2.83 bits per heavy atom. The first-order valence-electron chi connectivity index (χ1n) is 6.23. The molecule has 18 heavy (non-hydrogen) atoms. The first kappa shape index (κ1) is 13.5. The van der Waals surface area contributed by atoms with Crippen LogP contribution in [0.15, 0.2) is 12.1 Å². The molecule has 1 aliphatic heterocycles. The Balaban J connectivity index is 1.86. The number of carbonyl (C=O) groups is 1. The molecule has 0 spiro atoms. The summed E-state index contributed by atoms with van der Waals surface area (Å²) >= 11 is 1.50. The summed E-state index contributed by atoms with van der Waals surface area (Å²) in [6.07, 6.45) is 2.12. The smallest absolute Gasteiger partial charge is 0.348 e. The molecule has 2 heterocycles. The topological polar surface area (TPSA) is 49.8 Å². The molecular formula is C13H19NO3S. The van der Waals surface area contributed by atoms with Gasteiger partial charge in [0.1, 0.15) is 4.88 Å². The van der Waals surface area contributed by atoms with Crippen LogP contribution in [0.2, 0.25) is 0 Å². The fraction of sp³-hybridized carbons (Fsp3) is 0.615. The van der Waals surface area contributed by atoms with Crippen LogP contribution < -0.4 is 0 Å². The number of aliphatic hydroxyl groups excluding tert-OH is 1. The summed E-state index contributed by atoms with van der Waals surface area (Å²) in [6.45, 7) is 3.24. The van der Waals surface area contributed by atoms with Crippen LogP contribution in [0.1, 0.15) is 27.4 Å². The number of piperidine rings is 1. The first-order valence-corrected chi connectivity index (χ1v) is 7.05. The van der Waals surface area contributed by atoms with Crippen molar-refractivity contribution in [2.45, 2.75) is 19.4 Å². The van der Waals surface area contributed by atoms with E-state index in [1.54, 1.807) is 0 Å². The number of thiophene rings is 1. The SMILES string of the molecule is COC(=O)c1ccc(CN2CCC(CO)CC2)s1. The summed E-state index contributed by atoms with van der Waals surface area (Å²) in [4.78, 5) is 15.6. The van der Waals surface area contributed by atoms with Gasteiger partial charge in [-0.1, -0.05) is 0 Å². The highest BCUT2D eigenvalue weighted by molar-refractivity contribution is 7.13. The van der Waals surface area contributed by atoms with Gasteiger partial charge in [0.05, 0.1) is 7.11 Å². The van der Waals surface area contributed by atoms with Gasteiger partial charge in [0.2, 0.25) is 0 Å². The monoisotopic (exact) mass is 269 g/mol.